The Labute approximate surface area is 169 Å². The third-order valence-electron chi connectivity index (χ3n) is 4.49. The van der Waals surface area contributed by atoms with E-state index in [9.17, 15) is 22.4 Å². The Balaban J connectivity index is 1.50. The van der Waals surface area contributed by atoms with E-state index in [1.807, 2.05) is 42.5 Å². The molecule has 1 aliphatic rings. The molecule has 1 aliphatic heterocycles. The molecule has 7 heteroatoms. The highest BCUT2D eigenvalue weighted by molar-refractivity contribution is 6.07. The van der Waals surface area contributed by atoms with Crippen LogP contribution in [0.1, 0.15) is 15.9 Å². The van der Waals surface area contributed by atoms with Crippen LogP contribution in [0.15, 0.2) is 78.9 Å². The van der Waals surface area contributed by atoms with Crippen molar-refractivity contribution in [1.82, 2.24) is 0 Å². The van der Waals surface area contributed by atoms with Crippen molar-refractivity contribution in [3.05, 3.63) is 90.0 Å². The topological polar surface area (TPSA) is 35.5 Å². The van der Waals surface area contributed by atoms with E-state index in [1.54, 1.807) is 12.1 Å². The number of ketones is 1. The number of carbonyl (C=O) groups excluding carboxylic acids is 1. The van der Waals surface area contributed by atoms with Gasteiger partial charge in [0.2, 0.25) is 0 Å². The van der Waals surface area contributed by atoms with Crippen molar-refractivity contribution >= 4 is 11.9 Å². The van der Waals surface area contributed by atoms with Crippen molar-refractivity contribution in [2.75, 3.05) is 0 Å². The van der Waals surface area contributed by atoms with Crippen LogP contribution in [0.3, 0.4) is 0 Å². The Kier molecular flexibility index (Phi) is 4.81. The predicted molar refractivity (Wildman–Crippen MR) is 103 cm³/mol. The number of rotatable bonds is 4. The molecule has 0 unspecified atom stereocenters. The quantitative estimate of drug-likeness (QED) is 0.289. The molecule has 0 aliphatic carbocycles. The minimum Gasteiger partial charge on any atom is -0.421 e. The van der Waals surface area contributed by atoms with Gasteiger partial charge in [-0.3, -0.25) is 4.79 Å². The largest absolute Gasteiger partial charge is 0.507 e. The van der Waals surface area contributed by atoms with E-state index in [0.29, 0.717) is 11.1 Å². The average Bonchev–Trinajstić information content (AvgIpc) is 2.73. The summed E-state index contributed by atoms with van der Waals surface area (Å²) in [5.74, 6) is -1.35. The molecule has 4 rings (SSSR count). The van der Waals surface area contributed by atoms with Gasteiger partial charge in [-0.15, -0.1) is 0 Å². The molecule has 3 aromatic carbocycles. The van der Waals surface area contributed by atoms with Crippen LogP contribution in [0.5, 0.6) is 11.5 Å². The van der Waals surface area contributed by atoms with Crippen LogP contribution >= 0.6 is 0 Å². The molecule has 0 aromatic heterocycles. The third kappa shape index (κ3) is 3.78. The number of ether oxygens (including phenoxy) is 2. The molecule has 0 amide bonds. The molecule has 0 fully saturated rings. The first kappa shape index (κ1) is 19.7. The normalized spacial score (nSPS) is 16.4. The summed E-state index contributed by atoms with van der Waals surface area (Å²) in [4.78, 5) is 12.4. The Morgan fingerprint density at radius 3 is 2.00 bits per heavy atom. The van der Waals surface area contributed by atoms with Crippen LogP contribution in [-0.2, 0) is 0 Å². The van der Waals surface area contributed by atoms with Gasteiger partial charge < -0.3 is 9.47 Å². The summed E-state index contributed by atoms with van der Waals surface area (Å²) in [7, 11) is 0. The van der Waals surface area contributed by atoms with Gasteiger partial charge in [0.15, 0.2) is 17.3 Å². The van der Waals surface area contributed by atoms with Crippen LogP contribution in [-0.4, -0.2) is 18.0 Å². The second-order valence-electron chi connectivity index (χ2n) is 6.58. The van der Waals surface area contributed by atoms with Crippen LogP contribution in [0.25, 0.3) is 17.2 Å². The van der Waals surface area contributed by atoms with Gasteiger partial charge in [-0.2, -0.15) is 17.6 Å². The van der Waals surface area contributed by atoms with Crippen molar-refractivity contribution in [1.29, 1.82) is 0 Å². The van der Waals surface area contributed by atoms with Crippen LogP contribution in [0.2, 0.25) is 0 Å². The standard InChI is InChI=1S/C23H14F4O3/c24-22(25)23(26,27)30-21-14-15(7-13-20(21)29-22)6-12-19(28)18-10-8-17(9-11-18)16-4-2-1-3-5-16/h1-14H. The number of halogens is 4. The summed E-state index contributed by atoms with van der Waals surface area (Å²) < 4.78 is 61.1. The lowest BCUT2D eigenvalue weighted by molar-refractivity contribution is -0.391. The lowest BCUT2D eigenvalue weighted by atomic mass is 10.0. The van der Waals surface area contributed by atoms with Crippen molar-refractivity contribution in [2.45, 2.75) is 12.2 Å². The van der Waals surface area contributed by atoms with Crippen LogP contribution in [0, 0.1) is 0 Å². The number of hydrogen-bond donors (Lipinski definition) is 0. The van der Waals surface area contributed by atoms with Gasteiger partial charge in [0.1, 0.15) is 0 Å². The number of benzene rings is 3. The zero-order chi connectivity index (χ0) is 21.4. The van der Waals surface area contributed by atoms with Gasteiger partial charge in [-0.1, -0.05) is 66.7 Å². The molecule has 30 heavy (non-hydrogen) atoms. The predicted octanol–water partition coefficient (Wildman–Crippen LogP) is 6.21. The van der Waals surface area contributed by atoms with E-state index < -0.39 is 23.7 Å². The Hall–Kier alpha value is -3.61. The minimum absolute atomic E-state index is 0.304. The summed E-state index contributed by atoms with van der Waals surface area (Å²) in [5, 5.41) is 0. The van der Waals surface area contributed by atoms with E-state index in [0.717, 1.165) is 23.3 Å². The molecule has 3 nitrogen and oxygen atoms in total. The fraction of sp³-hybridized carbons (Fsp3) is 0.0870. The number of carbonyl (C=O) groups is 1. The molecule has 0 bridgehead atoms. The number of hydrogen-bond acceptors (Lipinski definition) is 3. The fourth-order valence-electron chi connectivity index (χ4n) is 2.91. The lowest BCUT2D eigenvalue weighted by Crippen LogP contribution is -2.52. The minimum atomic E-state index is -4.79. The van der Waals surface area contributed by atoms with Crippen molar-refractivity contribution in [2.24, 2.45) is 0 Å². The molecule has 3 aromatic rings. The van der Waals surface area contributed by atoms with Crippen molar-refractivity contribution < 1.29 is 31.8 Å². The van der Waals surface area contributed by atoms with Gasteiger partial charge in [0.05, 0.1) is 0 Å². The summed E-state index contributed by atoms with van der Waals surface area (Å²) in [6.45, 7) is 0. The Morgan fingerprint density at radius 2 is 1.33 bits per heavy atom. The molecular formula is C23H14F4O3. The molecular weight excluding hydrogens is 400 g/mol. The summed E-state index contributed by atoms with van der Waals surface area (Å²) in [6.07, 6.45) is -6.92. The molecule has 0 radical (unpaired) electrons. The van der Waals surface area contributed by atoms with Crippen molar-refractivity contribution in [3.8, 4) is 22.6 Å². The van der Waals surface area contributed by atoms with Crippen LogP contribution < -0.4 is 9.47 Å². The van der Waals surface area contributed by atoms with Gasteiger partial charge in [0, 0.05) is 5.56 Å². The summed E-state index contributed by atoms with van der Waals surface area (Å²) in [6, 6.07) is 20.2. The highest BCUT2D eigenvalue weighted by Gasteiger charge is 2.65. The Bertz CT molecular complexity index is 1110. The second-order valence-corrected chi connectivity index (χ2v) is 6.58. The summed E-state index contributed by atoms with van der Waals surface area (Å²) >= 11 is 0. The maximum absolute atomic E-state index is 13.3. The van der Waals surface area contributed by atoms with E-state index in [2.05, 4.69) is 9.47 Å². The highest BCUT2D eigenvalue weighted by Crippen LogP contribution is 2.47. The first-order chi connectivity index (χ1) is 14.2. The summed E-state index contributed by atoms with van der Waals surface area (Å²) in [5.41, 5.74) is 2.73. The maximum atomic E-state index is 13.3. The lowest BCUT2D eigenvalue weighted by Gasteiger charge is -2.31. The van der Waals surface area contributed by atoms with Crippen LogP contribution in [0.4, 0.5) is 17.6 Å². The Morgan fingerprint density at radius 1 is 0.733 bits per heavy atom. The average molecular weight is 414 g/mol. The first-order valence-corrected chi connectivity index (χ1v) is 8.91. The zero-order valence-electron chi connectivity index (χ0n) is 15.3. The second kappa shape index (κ2) is 7.33. The van der Waals surface area contributed by atoms with Crippen molar-refractivity contribution in [3.63, 3.8) is 0 Å². The number of allylic oxidation sites excluding steroid dienone is 1. The van der Waals surface area contributed by atoms with E-state index in [4.69, 9.17) is 0 Å². The van der Waals surface area contributed by atoms with Gasteiger partial charge in [-0.05, 0) is 34.9 Å². The van der Waals surface area contributed by atoms with Gasteiger partial charge in [0.25, 0.3) is 0 Å². The molecule has 1 heterocycles. The molecule has 0 atom stereocenters. The molecule has 0 saturated heterocycles. The zero-order valence-corrected chi connectivity index (χ0v) is 15.3. The van der Waals surface area contributed by atoms with E-state index in [1.165, 1.54) is 18.2 Å². The molecule has 0 spiro atoms. The van der Waals surface area contributed by atoms with E-state index in [-0.39, 0.29) is 5.78 Å². The molecule has 152 valence electrons. The van der Waals surface area contributed by atoms with E-state index >= 15 is 0 Å². The number of fused-ring (bicyclic) bond motifs is 1. The van der Waals surface area contributed by atoms with Gasteiger partial charge >= 0.3 is 12.2 Å². The number of alkyl halides is 4. The first-order valence-electron chi connectivity index (χ1n) is 8.91. The molecule has 0 saturated carbocycles. The van der Waals surface area contributed by atoms with Gasteiger partial charge in [-0.25, -0.2) is 0 Å². The highest BCUT2D eigenvalue weighted by atomic mass is 19.3. The third-order valence-corrected chi connectivity index (χ3v) is 4.49. The SMILES string of the molecule is O=C(C=Cc1ccc2c(c1)OC(F)(F)C(F)(F)O2)c1ccc(-c2ccccc2)cc1. The monoisotopic (exact) mass is 414 g/mol. The maximum Gasteiger partial charge on any atom is 0.507 e. The smallest absolute Gasteiger partial charge is 0.421 e. The molecule has 0 N–H and O–H groups in total. The fourth-order valence-corrected chi connectivity index (χ4v) is 2.91.